The topological polar surface area (TPSA) is 41.9 Å². The Hall–Kier alpha value is -0.640. The molecule has 9 heavy (non-hydrogen) atoms. The van der Waals surface area contributed by atoms with Crippen molar-refractivity contribution in [3.05, 3.63) is 4.91 Å². The van der Waals surface area contributed by atoms with Gasteiger partial charge in [-0.1, -0.05) is 0 Å². The number of hydrogen-bond acceptors (Lipinski definition) is 4. The van der Waals surface area contributed by atoms with Crippen molar-refractivity contribution in [2.24, 2.45) is 5.34 Å². The Morgan fingerprint density at radius 2 is 2.22 bits per heavy atom. The first-order valence-corrected chi connectivity index (χ1v) is 2.79. The molecular formula is C5H12N2O2. The lowest BCUT2D eigenvalue weighted by atomic mass is 10.3. The van der Waals surface area contributed by atoms with Crippen LogP contribution in [0.5, 0.6) is 0 Å². The van der Waals surface area contributed by atoms with Gasteiger partial charge in [-0.3, -0.25) is 0 Å². The van der Waals surface area contributed by atoms with Crippen LogP contribution in [0.25, 0.3) is 0 Å². The van der Waals surface area contributed by atoms with Crippen LogP contribution in [0, 0.1) is 4.91 Å². The van der Waals surface area contributed by atoms with Crippen molar-refractivity contribution in [2.45, 2.75) is 13.0 Å². The van der Waals surface area contributed by atoms with Crippen LogP contribution in [0.3, 0.4) is 0 Å². The summed E-state index contributed by atoms with van der Waals surface area (Å²) in [5.74, 6) is 0. The first-order valence-electron chi connectivity index (χ1n) is 2.79. The second-order valence-electron chi connectivity index (χ2n) is 2.18. The van der Waals surface area contributed by atoms with Gasteiger partial charge in [0.05, 0.1) is 0 Å². The molecule has 4 heteroatoms. The standard InChI is InChI=1S/C5H12N2O2/c1-5(7(2)3)4-9-6-8/h5H,4H2,1-3H3. The Kier molecular flexibility index (Phi) is 3.96. The van der Waals surface area contributed by atoms with Gasteiger partial charge in [-0.2, -0.15) is 0 Å². The summed E-state index contributed by atoms with van der Waals surface area (Å²) in [6.45, 7) is 2.31. The molecule has 0 heterocycles. The zero-order chi connectivity index (χ0) is 7.28. The predicted molar refractivity (Wildman–Crippen MR) is 34.9 cm³/mol. The molecule has 0 aromatic carbocycles. The highest BCUT2D eigenvalue weighted by Gasteiger charge is 2.03. The maximum Gasteiger partial charge on any atom is 0.155 e. The molecule has 0 fully saturated rings. The highest BCUT2D eigenvalue weighted by molar-refractivity contribution is 4.55. The van der Waals surface area contributed by atoms with E-state index < -0.39 is 0 Å². The molecule has 0 amide bonds. The van der Waals surface area contributed by atoms with Gasteiger partial charge in [-0.15, -0.1) is 4.91 Å². The second-order valence-corrected chi connectivity index (χ2v) is 2.18. The molecule has 0 aromatic heterocycles. The van der Waals surface area contributed by atoms with E-state index in [-0.39, 0.29) is 6.04 Å². The summed E-state index contributed by atoms with van der Waals surface area (Å²) in [6.07, 6.45) is 0. The third-order valence-electron chi connectivity index (χ3n) is 1.25. The maximum atomic E-state index is 9.44. The van der Waals surface area contributed by atoms with Crippen molar-refractivity contribution in [2.75, 3.05) is 20.7 Å². The summed E-state index contributed by atoms with van der Waals surface area (Å²) in [5.41, 5.74) is 0. The molecule has 0 radical (unpaired) electrons. The zero-order valence-electron chi connectivity index (χ0n) is 6.00. The van der Waals surface area contributed by atoms with Gasteiger partial charge in [-0.25, -0.2) is 0 Å². The van der Waals surface area contributed by atoms with Gasteiger partial charge in [0.15, 0.2) is 5.34 Å². The van der Waals surface area contributed by atoms with Crippen LogP contribution in [0.15, 0.2) is 5.34 Å². The van der Waals surface area contributed by atoms with Gasteiger partial charge in [0.25, 0.3) is 0 Å². The van der Waals surface area contributed by atoms with E-state index in [0.717, 1.165) is 0 Å². The van der Waals surface area contributed by atoms with Crippen molar-refractivity contribution in [1.29, 1.82) is 0 Å². The lowest BCUT2D eigenvalue weighted by molar-refractivity contribution is 0.0886. The third kappa shape index (κ3) is 3.90. The van der Waals surface area contributed by atoms with Crippen molar-refractivity contribution in [3.8, 4) is 0 Å². The Bertz CT molecular complexity index is 85.0. The maximum absolute atomic E-state index is 9.44. The molecular weight excluding hydrogens is 120 g/mol. The van der Waals surface area contributed by atoms with Gasteiger partial charge in [0.2, 0.25) is 0 Å². The molecule has 0 saturated carbocycles. The lowest BCUT2D eigenvalue weighted by Crippen LogP contribution is -2.28. The van der Waals surface area contributed by atoms with Crippen LogP contribution in [0.4, 0.5) is 0 Å². The fourth-order valence-electron chi connectivity index (χ4n) is 0.287. The number of nitrogens with zero attached hydrogens (tertiary/aromatic N) is 2. The summed E-state index contributed by atoms with van der Waals surface area (Å²) in [7, 11) is 3.83. The summed E-state index contributed by atoms with van der Waals surface area (Å²) in [6, 6.07) is 0.239. The van der Waals surface area contributed by atoms with Crippen LogP contribution < -0.4 is 0 Å². The van der Waals surface area contributed by atoms with Crippen molar-refractivity contribution >= 4 is 0 Å². The minimum atomic E-state index is 0.239. The molecule has 1 atom stereocenters. The van der Waals surface area contributed by atoms with E-state index in [1.165, 1.54) is 0 Å². The first kappa shape index (κ1) is 8.36. The van der Waals surface area contributed by atoms with Crippen LogP contribution in [-0.4, -0.2) is 31.6 Å². The quantitative estimate of drug-likeness (QED) is 0.416. The van der Waals surface area contributed by atoms with E-state index >= 15 is 0 Å². The second kappa shape index (κ2) is 4.26. The molecule has 0 aliphatic rings. The molecule has 0 aliphatic heterocycles. The number of rotatable bonds is 4. The molecule has 1 unspecified atom stereocenters. The highest BCUT2D eigenvalue weighted by Crippen LogP contribution is 1.91. The van der Waals surface area contributed by atoms with Crippen LogP contribution in [-0.2, 0) is 4.84 Å². The van der Waals surface area contributed by atoms with Crippen molar-refractivity contribution in [3.63, 3.8) is 0 Å². The van der Waals surface area contributed by atoms with Crippen molar-refractivity contribution in [1.82, 2.24) is 4.90 Å². The minimum absolute atomic E-state index is 0.239. The Morgan fingerprint density at radius 3 is 2.56 bits per heavy atom. The van der Waals surface area contributed by atoms with Crippen molar-refractivity contribution < 1.29 is 4.84 Å². The molecule has 0 bridgehead atoms. The molecule has 0 rings (SSSR count). The molecule has 4 nitrogen and oxygen atoms in total. The number of hydrogen-bond donors (Lipinski definition) is 0. The van der Waals surface area contributed by atoms with Gasteiger partial charge in [0, 0.05) is 6.04 Å². The van der Waals surface area contributed by atoms with E-state index in [0.29, 0.717) is 6.61 Å². The third-order valence-corrected chi connectivity index (χ3v) is 1.25. The zero-order valence-corrected chi connectivity index (χ0v) is 6.00. The smallest absolute Gasteiger partial charge is 0.155 e. The van der Waals surface area contributed by atoms with Gasteiger partial charge >= 0.3 is 0 Å². The molecule has 0 saturated heterocycles. The molecule has 54 valence electrons. The normalized spacial score (nSPS) is 13.3. The summed E-state index contributed by atoms with van der Waals surface area (Å²) in [5, 5.41) is 2.28. The fraction of sp³-hybridized carbons (Fsp3) is 1.00. The first-order chi connectivity index (χ1) is 4.18. The van der Waals surface area contributed by atoms with E-state index in [9.17, 15) is 4.91 Å². The van der Waals surface area contributed by atoms with Crippen LogP contribution in [0.1, 0.15) is 6.92 Å². The fourth-order valence-corrected chi connectivity index (χ4v) is 0.287. The van der Waals surface area contributed by atoms with Gasteiger partial charge < -0.3 is 9.74 Å². The van der Waals surface area contributed by atoms with E-state index in [2.05, 4.69) is 10.2 Å². The predicted octanol–water partition coefficient (Wildman–Crippen LogP) is 0.635. The highest BCUT2D eigenvalue weighted by atomic mass is 16.7. The average molecular weight is 132 g/mol. The van der Waals surface area contributed by atoms with E-state index in [4.69, 9.17) is 0 Å². The van der Waals surface area contributed by atoms with Crippen LogP contribution in [0.2, 0.25) is 0 Å². The number of likely N-dealkylation sites (N-methyl/N-ethyl adjacent to an activating group) is 1. The molecule has 0 spiro atoms. The molecule has 0 aromatic rings. The van der Waals surface area contributed by atoms with E-state index in [1.54, 1.807) is 0 Å². The SMILES string of the molecule is CC(CON=O)N(C)C. The molecule has 0 N–H and O–H groups in total. The Balaban J connectivity index is 3.26. The largest absolute Gasteiger partial charge is 0.362 e. The monoisotopic (exact) mass is 132 g/mol. The molecule has 0 aliphatic carbocycles. The lowest BCUT2D eigenvalue weighted by Gasteiger charge is -2.16. The van der Waals surface area contributed by atoms with Crippen LogP contribution >= 0.6 is 0 Å². The summed E-state index contributed by atoms with van der Waals surface area (Å²) in [4.78, 5) is 15.7. The minimum Gasteiger partial charge on any atom is -0.362 e. The van der Waals surface area contributed by atoms with E-state index in [1.807, 2.05) is 25.9 Å². The van der Waals surface area contributed by atoms with Gasteiger partial charge in [-0.05, 0) is 21.0 Å². The Morgan fingerprint density at radius 1 is 1.67 bits per heavy atom. The van der Waals surface area contributed by atoms with Gasteiger partial charge in [0.1, 0.15) is 6.61 Å². The summed E-state index contributed by atoms with van der Waals surface area (Å²) >= 11 is 0. The Labute approximate surface area is 54.7 Å². The average Bonchev–Trinajstić information content (AvgIpc) is 1.82. The summed E-state index contributed by atoms with van der Waals surface area (Å²) < 4.78 is 0.